The molecule has 6 nitrogen and oxygen atoms in total. The second-order valence-electron chi connectivity index (χ2n) is 8.43. The Labute approximate surface area is 188 Å². The molecule has 1 saturated heterocycles. The maximum atomic E-state index is 13.4. The fraction of sp³-hybridized carbons (Fsp3) is 0.500. The number of hydrogen-bond acceptors (Lipinski definition) is 5. The van der Waals surface area contributed by atoms with Crippen LogP contribution in [0.4, 0.5) is 5.00 Å². The second kappa shape index (κ2) is 9.94. The number of nitrogens with zero attached hydrogens (tertiary/aromatic N) is 2. The number of carbonyl (C=O) groups excluding carboxylic acids is 2. The molecule has 0 atom stereocenters. The van der Waals surface area contributed by atoms with E-state index in [1.54, 1.807) is 0 Å². The minimum atomic E-state index is -0.0636. The van der Waals surface area contributed by atoms with Crippen LogP contribution in [0, 0.1) is 6.92 Å². The van der Waals surface area contributed by atoms with Crippen molar-refractivity contribution >= 4 is 28.2 Å². The van der Waals surface area contributed by atoms with Gasteiger partial charge in [0.15, 0.2) is 0 Å². The lowest BCUT2D eigenvalue weighted by molar-refractivity contribution is -0.117. The number of thiophene rings is 1. The van der Waals surface area contributed by atoms with Crippen LogP contribution in [0.2, 0.25) is 0 Å². The molecule has 4 rings (SSSR count). The number of benzene rings is 1. The second-order valence-corrected chi connectivity index (χ2v) is 9.45. The van der Waals surface area contributed by atoms with Crippen molar-refractivity contribution in [2.24, 2.45) is 0 Å². The molecule has 31 heavy (non-hydrogen) atoms. The molecule has 0 unspecified atom stereocenters. The highest BCUT2D eigenvalue weighted by Crippen LogP contribution is 2.40. The van der Waals surface area contributed by atoms with Gasteiger partial charge < -0.3 is 15.0 Å². The topological polar surface area (TPSA) is 61.9 Å². The van der Waals surface area contributed by atoms with Gasteiger partial charge in [0.2, 0.25) is 5.91 Å². The summed E-state index contributed by atoms with van der Waals surface area (Å²) in [5, 5.41) is 3.73. The van der Waals surface area contributed by atoms with Crippen molar-refractivity contribution < 1.29 is 14.3 Å². The number of amides is 2. The van der Waals surface area contributed by atoms with Gasteiger partial charge in [-0.15, -0.1) is 11.3 Å². The SMILES string of the molecule is Cc1c(-c2ccccc2)sc(NC(=O)CN(C)C2CCCC2)c1C(=O)N1CCOCC1. The number of likely N-dealkylation sites (N-methyl/N-ethyl adjacent to an activating group) is 1. The fourth-order valence-electron chi connectivity index (χ4n) is 4.52. The summed E-state index contributed by atoms with van der Waals surface area (Å²) in [6.07, 6.45) is 4.78. The summed E-state index contributed by atoms with van der Waals surface area (Å²) in [6, 6.07) is 10.5. The summed E-state index contributed by atoms with van der Waals surface area (Å²) in [6.45, 7) is 4.57. The summed E-state index contributed by atoms with van der Waals surface area (Å²) < 4.78 is 5.41. The number of nitrogens with one attached hydrogen (secondary N) is 1. The Balaban J connectivity index is 1.60. The minimum absolute atomic E-state index is 0.0290. The van der Waals surface area contributed by atoms with Crippen molar-refractivity contribution in [3.63, 3.8) is 0 Å². The summed E-state index contributed by atoms with van der Waals surface area (Å²) >= 11 is 1.49. The molecule has 2 fully saturated rings. The molecular weight excluding hydrogens is 410 g/mol. The first-order valence-corrected chi connectivity index (χ1v) is 11.9. The standard InChI is InChI=1S/C24H31N3O3S/c1-17-21(24(29)27-12-14-30-15-13-27)23(31-22(17)18-8-4-3-5-9-18)25-20(28)16-26(2)19-10-6-7-11-19/h3-5,8-9,19H,6-7,10-16H2,1-2H3,(H,25,28). The molecule has 0 radical (unpaired) electrons. The molecule has 2 aromatic rings. The van der Waals surface area contributed by atoms with Crippen molar-refractivity contribution in [1.82, 2.24) is 9.80 Å². The average Bonchev–Trinajstić information content (AvgIpc) is 3.43. The number of anilines is 1. The molecule has 1 aromatic carbocycles. The first kappa shape index (κ1) is 22.0. The molecule has 1 aliphatic carbocycles. The van der Waals surface area contributed by atoms with Crippen molar-refractivity contribution in [3.8, 4) is 10.4 Å². The van der Waals surface area contributed by atoms with Gasteiger partial charge in [0.25, 0.3) is 5.91 Å². The third-order valence-corrected chi connectivity index (χ3v) is 7.55. The van der Waals surface area contributed by atoms with Crippen LogP contribution in [-0.2, 0) is 9.53 Å². The van der Waals surface area contributed by atoms with Gasteiger partial charge in [0.05, 0.1) is 25.3 Å². The van der Waals surface area contributed by atoms with E-state index >= 15 is 0 Å². The quantitative estimate of drug-likeness (QED) is 0.736. The van der Waals surface area contributed by atoms with Gasteiger partial charge in [-0.1, -0.05) is 43.2 Å². The van der Waals surface area contributed by atoms with Crippen molar-refractivity contribution in [2.75, 3.05) is 45.2 Å². The van der Waals surface area contributed by atoms with Crippen LogP contribution in [0.15, 0.2) is 30.3 Å². The molecule has 2 amide bonds. The molecule has 1 aromatic heterocycles. The summed E-state index contributed by atoms with van der Waals surface area (Å²) in [4.78, 5) is 31.3. The van der Waals surface area contributed by atoms with Gasteiger partial charge in [-0.05, 0) is 37.9 Å². The van der Waals surface area contributed by atoms with Crippen LogP contribution in [0.5, 0.6) is 0 Å². The van der Waals surface area contributed by atoms with E-state index in [1.165, 1.54) is 24.2 Å². The maximum Gasteiger partial charge on any atom is 0.257 e. The van der Waals surface area contributed by atoms with Gasteiger partial charge >= 0.3 is 0 Å². The van der Waals surface area contributed by atoms with E-state index in [0.29, 0.717) is 49.5 Å². The highest BCUT2D eigenvalue weighted by Gasteiger charge is 2.28. The van der Waals surface area contributed by atoms with Crippen LogP contribution < -0.4 is 5.32 Å². The van der Waals surface area contributed by atoms with E-state index in [0.717, 1.165) is 28.8 Å². The van der Waals surface area contributed by atoms with E-state index < -0.39 is 0 Å². The minimum Gasteiger partial charge on any atom is -0.378 e. The summed E-state index contributed by atoms with van der Waals surface area (Å²) in [5.41, 5.74) is 2.60. The lowest BCUT2D eigenvalue weighted by Gasteiger charge is -2.27. The van der Waals surface area contributed by atoms with Gasteiger partial charge in [-0.2, -0.15) is 0 Å². The van der Waals surface area contributed by atoms with E-state index in [9.17, 15) is 9.59 Å². The van der Waals surface area contributed by atoms with E-state index in [2.05, 4.69) is 10.2 Å². The predicted octanol–water partition coefficient (Wildman–Crippen LogP) is 4.01. The number of hydrogen-bond donors (Lipinski definition) is 1. The Morgan fingerprint density at radius 2 is 1.84 bits per heavy atom. The Morgan fingerprint density at radius 3 is 2.52 bits per heavy atom. The lowest BCUT2D eigenvalue weighted by Crippen LogP contribution is -2.41. The molecule has 0 spiro atoms. The summed E-state index contributed by atoms with van der Waals surface area (Å²) in [7, 11) is 2.02. The first-order chi connectivity index (χ1) is 15.0. The Kier molecular flexibility index (Phi) is 7.05. The van der Waals surface area contributed by atoms with Crippen molar-refractivity contribution in [3.05, 3.63) is 41.5 Å². The molecule has 1 saturated carbocycles. The monoisotopic (exact) mass is 441 g/mol. The average molecular weight is 442 g/mol. The van der Waals surface area contributed by atoms with Crippen LogP contribution in [-0.4, -0.2) is 67.6 Å². The third-order valence-electron chi connectivity index (χ3n) is 6.29. The Hall–Kier alpha value is -2.22. The van der Waals surface area contributed by atoms with E-state index in [1.807, 2.05) is 49.2 Å². The predicted molar refractivity (Wildman–Crippen MR) is 125 cm³/mol. The molecule has 2 heterocycles. The van der Waals surface area contributed by atoms with Crippen LogP contribution in [0.1, 0.15) is 41.6 Å². The van der Waals surface area contributed by atoms with Crippen LogP contribution in [0.3, 0.4) is 0 Å². The molecule has 2 aliphatic rings. The molecule has 0 bridgehead atoms. The van der Waals surface area contributed by atoms with E-state index in [4.69, 9.17) is 4.74 Å². The number of morpholine rings is 1. The van der Waals surface area contributed by atoms with Crippen LogP contribution in [0.25, 0.3) is 10.4 Å². The molecular formula is C24H31N3O3S. The van der Waals surface area contributed by atoms with Crippen molar-refractivity contribution in [1.29, 1.82) is 0 Å². The fourth-order valence-corrected chi connectivity index (χ4v) is 5.74. The zero-order chi connectivity index (χ0) is 21.8. The number of ether oxygens (including phenoxy) is 1. The molecule has 7 heteroatoms. The molecule has 166 valence electrons. The molecule has 1 N–H and O–H groups in total. The van der Waals surface area contributed by atoms with Gasteiger partial charge in [-0.3, -0.25) is 14.5 Å². The van der Waals surface area contributed by atoms with E-state index in [-0.39, 0.29) is 11.8 Å². The molecule has 1 aliphatic heterocycles. The smallest absolute Gasteiger partial charge is 0.257 e. The normalized spacial score (nSPS) is 17.3. The Bertz CT molecular complexity index is 916. The van der Waals surface area contributed by atoms with Crippen molar-refractivity contribution in [2.45, 2.75) is 38.6 Å². The summed E-state index contributed by atoms with van der Waals surface area (Å²) in [5.74, 6) is -0.0926. The third kappa shape index (κ3) is 5.00. The van der Waals surface area contributed by atoms with Gasteiger partial charge in [0, 0.05) is 24.0 Å². The maximum absolute atomic E-state index is 13.4. The Morgan fingerprint density at radius 1 is 1.16 bits per heavy atom. The highest BCUT2D eigenvalue weighted by molar-refractivity contribution is 7.20. The number of rotatable bonds is 6. The zero-order valence-electron chi connectivity index (χ0n) is 18.4. The van der Waals surface area contributed by atoms with Gasteiger partial charge in [-0.25, -0.2) is 0 Å². The lowest BCUT2D eigenvalue weighted by atomic mass is 10.1. The van der Waals surface area contributed by atoms with Gasteiger partial charge in [0.1, 0.15) is 5.00 Å². The zero-order valence-corrected chi connectivity index (χ0v) is 19.2. The highest BCUT2D eigenvalue weighted by atomic mass is 32.1. The first-order valence-electron chi connectivity index (χ1n) is 11.1. The number of carbonyl (C=O) groups is 2. The largest absolute Gasteiger partial charge is 0.378 e. The van der Waals surface area contributed by atoms with Crippen LogP contribution >= 0.6 is 11.3 Å².